The molecule has 7 nitrogen and oxygen atoms in total. The van der Waals surface area contributed by atoms with E-state index in [2.05, 4.69) is 21.3 Å². The normalized spacial score (nSPS) is 15.8. The molecular weight excluding hydrogens is 306 g/mol. The maximum atomic E-state index is 12.9. The van der Waals surface area contributed by atoms with E-state index in [9.17, 15) is 4.79 Å². The minimum atomic E-state index is -0.379. The Hall–Kier alpha value is -3.53. The van der Waals surface area contributed by atoms with Gasteiger partial charge in [-0.15, -0.1) is 0 Å². The molecule has 1 aromatic carbocycles. The molecule has 3 aromatic rings. The van der Waals surface area contributed by atoms with Crippen LogP contribution < -0.4 is 0 Å². The van der Waals surface area contributed by atoms with Crippen molar-refractivity contribution in [2.45, 2.75) is 12.6 Å². The van der Waals surface area contributed by atoms with Crippen LogP contribution in [0.25, 0.3) is 0 Å². The van der Waals surface area contributed by atoms with Crippen LogP contribution >= 0.6 is 0 Å². The van der Waals surface area contributed by atoms with Crippen molar-refractivity contribution in [2.75, 3.05) is 0 Å². The van der Waals surface area contributed by atoms with Crippen LogP contribution in [0, 0.1) is 11.3 Å². The highest BCUT2D eigenvalue weighted by Gasteiger charge is 2.37. The fraction of sp³-hybridized carbons (Fsp3) is 0.118. The Morgan fingerprint density at radius 3 is 2.92 bits per heavy atom. The lowest BCUT2D eigenvalue weighted by Crippen LogP contribution is -2.30. The van der Waals surface area contributed by atoms with Crippen LogP contribution in [-0.4, -0.2) is 26.0 Å². The van der Waals surface area contributed by atoms with Gasteiger partial charge in [-0.1, -0.05) is 6.07 Å². The molecule has 1 aliphatic rings. The zero-order valence-electron chi connectivity index (χ0n) is 12.5. The highest BCUT2D eigenvalue weighted by molar-refractivity contribution is 5.94. The standard InChI is InChI=1S/C17H11N5O2/c18-6-11-1-2-14-13(5-11)9-22(16(14)15-8-19-10-24-15)17(23)12-3-4-20-21-7-12/h1-5,7-8,10,16H,9H2/t16-/m1/s1. The van der Waals surface area contributed by atoms with Crippen molar-refractivity contribution in [1.29, 1.82) is 5.26 Å². The van der Waals surface area contributed by atoms with E-state index in [1.807, 2.05) is 6.07 Å². The predicted octanol–water partition coefficient (Wildman–Crippen LogP) is 2.08. The Kier molecular flexibility index (Phi) is 3.28. The summed E-state index contributed by atoms with van der Waals surface area (Å²) in [5.41, 5.74) is 2.86. The summed E-state index contributed by atoms with van der Waals surface area (Å²) in [6.45, 7) is 0.386. The molecule has 0 aliphatic carbocycles. The lowest BCUT2D eigenvalue weighted by Gasteiger charge is -2.23. The van der Waals surface area contributed by atoms with E-state index >= 15 is 0 Å². The second-order valence-electron chi connectivity index (χ2n) is 5.40. The molecule has 0 bridgehead atoms. The lowest BCUT2D eigenvalue weighted by atomic mass is 10.0. The third-order valence-electron chi connectivity index (χ3n) is 4.03. The number of nitriles is 1. The molecule has 2 aromatic heterocycles. The zero-order valence-corrected chi connectivity index (χ0v) is 12.5. The summed E-state index contributed by atoms with van der Waals surface area (Å²) in [4.78, 5) is 18.6. The van der Waals surface area contributed by atoms with Crippen LogP contribution in [0.3, 0.4) is 0 Å². The van der Waals surface area contributed by atoms with Gasteiger partial charge < -0.3 is 9.32 Å². The molecule has 116 valence electrons. The van der Waals surface area contributed by atoms with Gasteiger partial charge in [0.2, 0.25) is 0 Å². The summed E-state index contributed by atoms with van der Waals surface area (Å²) in [7, 11) is 0. The largest absolute Gasteiger partial charge is 0.446 e. The summed E-state index contributed by atoms with van der Waals surface area (Å²) >= 11 is 0. The molecule has 0 unspecified atom stereocenters. The lowest BCUT2D eigenvalue weighted by molar-refractivity contribution is 0.0702. The first kappa shape index (κ1) is 14.1. The monoisotopic (exact) mass is 317 g/mol. The molecule has 24 heavy (non-hydrogen) atoms. The maximum Gasteiger partial charge on any atom is 0.256 e. The number of aromatic nitrogens is 3. The number of carbonyl (C=O) groups is 1. The van der Waals surface area contributed by atoms with Gasteiger partial charge in [-0.05, 0) is 29.3 Å². The van der Waals surface area contributed by atoms with E-state index in [1.165, 1.54) is 18.8 Å². The third-order valence-corrected chi connectivity index (χ3v) is 4.03. The molecule has 0 spiro atoms. The topological polar surface area (TPSA) is 95.9 Å². The van der Waals surface area contributed by atoms with E-state index in [4.69, 9.17) is 9.68 Å². The fourth-order valence-corrected chi connectivity index (χ4v) is 2.96. The number of hydrogen-bond donors (Lipinski definition) is 0. The number of carbonyl (C=O) groups excluding carboxylic acids is 1. The van der Waals surface area contributed by atoms with E-state index in [0.29, 0.717) is 23.4 Å². The number of fused-ring (bicyclic) bond motifs is 1. The second kappa shape index (κ2) is 5.59. The smallest absolute Gasteiger partial charge is 0.256 e. The van der Waals surface area contributed by atoms with Gasteiger partial charge >= 0.3 is 0 Å². The molecule has 7 heteroatoms. The number of oxazole rings is 1. The van der Waals surface area contributed by atoms with E-state index in [0.717, 1.165) is 11.1 Å². The summed E-state index contributed by atoms with van der Waals surface area (Å²) in [5, 5.41) is 16.6. The van der Waals surface area contributed by atoms with Crippen LogP contribution in [0.1, 0.15) is 38.9 Å². The molecular formula is C17H11N5O2. The van der Waals surface area contributed by atoms with Gasteiger partial charge in [0.05, 0.1) is 35.8 Å². The van der Waals surface area contributed by atoms with E-state index in [1.54, 1.807) is 29.3 Å². The van der Waals surface area contributed by atoms with Gasteiger partial charge in [0.15, 0.2) is 12.2 Å². The summed E-state index contributed by atoms with van der Waals surface area (Å²) in [5.74, 6) is 0.398. The van der Waals surface area contributed by atoms with Crippen molar-refractivity contribution in [2.24, 2.45) is 0 Å². The Morgan fingerprint density at radius 1 is 1.29 bits per heavy atom. The molecule has 4 rings (SSSR count). The first-order chi connectivity index (χ1) is 11.8. The summed E-state index contributed by atoms with van der Waals surface area (Å²) in [6, 6.07) is 8.77. The molecule has 1 atom stereocenters. The predicted molar refractivity (Wildman–Crippen MR) is 81.4 cm³/mol. The van der Waals surface area contributed by atoms with E-state index in [-0.39, 0.29) is 11.9 Å². The minimum absolute atomic E-state index is 0.180. The molecule has 0 radical (unpaired) electrons. The first-order valence-corrected chi connectivity index (χ1v) is 7.27. The molecule has 1 aliphatic heterocycles. The first-order valence-electron chi connectivity index (χ1n) is 7.27. The SMILES string of the molecule is N#Cc1ccc2c(c1)CN(C(=O)c1ccnnc1)[C@H]2c1cnco1. The summed E-state index contributed by atoms with van der Waals surface area (Å²) < 4.78 is 5.45. The van der Waals surface area contributed by atoms with Crippen molar-refractivity contribution in [3.05, 3.63) is 77.3 Å². The van der Waals surface area contributed by atoms with Crippen LogP contribution in [-0.2, 0) is 6.54 Å². The van der Waals surface area contributed by atoms with Crippen molar-refractivity contribution in [3.8, 4) is 6.07 Å². The van der Waals surface area contributed by atoms with Crippen molar-refractivity contribution >= 4 is 5.91 Å². The molecule has 1 amide bonds. The van der Waals surface area contributed by atoms with Crippen molar-refractivity contribution in [1.82, 2.24) is 20.1 Å². The quantitative estimate of drug-likeness (QED) is 0.718. The number of nitrogens with zero attached hydrogens (tertiary/aromatic N) is 5. The third kappa shape index (κ3) is 2.21. The second-order valence-corrected chi connectivity index (χ2v) is 5.40. The number of rotatable bonds is 2. The van der Waals surface area contributed by atoms with Crippen molar-refractivity contribution in [3.63, 3.8) is 0 Å². The summed E-state index contributed by atoms with van der Waals surface area (Å²) in [6.07, 6.45) is 5.85. The average molecular weight is 317 g/mol. The number of amides is 1. The Balaban J connectivity index is 1.80. The fourth-order valence-electron chi connectivity index (χ4n) is 2.96. The van der Waals surface area contributed by atoms with Crippen molar-refractivity contribution < 1.29 is 9.21 Å². The Labute approximate surface area is 137 Å². The molecule has 0 saturated carbocycles. The van der Waals surface area contributed by atoms with Crippen LogP contribution in [0.2, 0.25) is 0 Å². The average Bonchev–Trinajstić information content (AvgIpc) is 3.28. The van der Waals surface area contributed by atoms with Crippen LogP contribution in [0.5, 0.6) is 0 Å². The zero-order chi connectivity index (χ0) is 16.5. The van der Waals surface area contributed by atoms with Gasteiger partial charge in [-0.2, -0.15) is 15.5 Å². The molecule has 0 saturated heterocycles. The number of hydrogen-bond acceptors (Lipinski definition) is 6. The minimum Gasteiger partial charge on any atom is -0.446 e. The van der Waals surface area contributed by atoms with Crippen LogP contribution in [0.15, 0.2) is 53.7 Å². The van der Waals surface area contributed by atoms with Gasteiger partial charge in [0, 0.05) is 6.54 Å². The van der Waals surface area contributed by atoms with Gasteiger partial charge in [0.1, 0.15) is 6.04 Å². The van der Waals surface area contributed by atoms with E-state index < -0.39 is 0 Å². The maximum absolute atomic E-state index is 12.9. The van der Waals surface area contributed by atoms with Gasteiger partial charge in [-0.25, -0.2) is 4.98 Å². The van der Waals surface area contributed by atoms with Gasteiger partial charge in [0.25, 0.3) is 5.91 Å². The highest BCUT2D eigenvalue weighted by atomic mass is 16.3. The van der Waals surface area contributed by atoms with Crippen LogP contribution in [0.4, 0.5) is 0 Å². The number of benzene rings is 1. The highest BCUT2D eigenvalue weighted by Crippen LogP contribution is 2.39. The molecule has 0 N–H and O–H groups in total. The molecule has 0 fully saturated rings. The van der Waals surface area contributed by atoms with Gasteiger partial charge in [-0.3, -0.25) is 4.79 Å². The Bertz CT molecular complexity index is 931. The molecule has 3 heterocycles. The Morgan fingerprint density at radius 2 is 2.21 bits per heavy atom.